The van der Waals surface area contributed by atoms with Gasteiger partial charge in [0.1, 0.15) is 12.4 Å². The molecule has 0 aromatic heterocycles. The molecule has 0 saturated carbocycles. The van der Waals surface area contributed by atoms with Crippen LogP contribution in [-0.2, 0) is 5.11 Å². The van der Waals surface area contributed by atoms with Crippen molar-refractivity contribution in [1.29, 1.82) is 0 Å². The molecule has 57 valence electrons. The average molecular weight is 149 g/mol. The van der Waals surface area contributed by atoms with E-state index in [1.165, 1.54) is 12.1 Å². The second-order valence-corrected chi connectivity index (χ2v) is 2.07. The highest BCUT2D eigenvalue weighted by atomic mass is 16.5. The van der Waals surface area contributed by atoms with Crippen LogP contribution in [-0.4, -0.2) is 6.61 Å². The van der Waals surface area contributed by atoms with Crippen molar-refractivity contribution in [2.45, 2.75) is 0 Å². The SMILES string of the molecule is C=CCOc1ccc([O])cc1. The Balaban J connectivity index is 2.58. The van der Waals surface area contributed by atoms with Crippen LogP contribution >= 0.6 is 0 Å². The standard InChI is InChI=1S/C9H9O2/c1-2-7-11-9-5-3-8(10)4-6-9/h2-6H,1,7H2. The number of rotatable bonds is 3. The Labute approximate surface area is 65.7 Å². The van der Waals surface area contributed by atoms with Gasteiger partial charge in [0, 0.05) is 0 Å². The molecule has 0 aliphatic rings. The molecule has 0 aliphatic carbocycles. The third kappa shape index (κ3) is 2.34. The Morgan fingerprint density at radius 3 is 2.55 bits per heavy atom. The molecule has 1 rings (SSSR count). The van der Waals surface area contributed by atoms with E-state index in [2.05, 4.69) is 6.58 Å². The second kappa shape index (κ2) is 3.66. The lowest BCUT2D eigenvalue weighted by atomic mass is 10.3. The van der Waals surface area contributed by atoms with E-state index in [4.69, 9.17) is 4.74 Å². The molecule has 2 heteroatoms. The van der Waals surface area contributed by atoms with Crippen molar-refractivity contribution in [3.63, 3.8) is 0 Å². The van der Waals surface area contributed by atoms with Crippen molar-refractivity contribution in [2.24, 2.45) is 0 Å². The molecular formula is C9H9O2. The Hall–Kier alpha value is -1.44. The largest absolute Gasteiger partial charge is 0.490 e. The van der Waals surface area contributed by atoms with Gasteiger partial charge in [-0.3, -0.25) is 5.11 Å². The minimum Gasteiger partial charge on any atom is -0.490 e. The molecule has 0 amide bonds. The summed E-state index contributed by atoms with van der Waals surface area (Å²) < 4.78 is 5.15. The van der Waals surface area contributed by atoms with E-state index in [1.807, 2.05) is 0 Å². The second-order valence-electron chi connectivity index (χ2n) is 2.07. The van der Waals surface area contributed by atoms with Gasteiger partial charge in [-0.1, -0.05) is 12.7 Å². The normalized spacial score (nSPS) is 9.09. The van der Waals surface area contributed by atoms with Crippen molar-refractivity contribution >= 4 is 0 Å². The molecule has 0 heterocycles. The van der Waals surface area contributed by atoms with Crippen LogP contribution < -0.4 is 4.74 Å². The molecule has 0 aliphatic heterocycles. The van der Waals surface area contributed by atoms with Gasteiger partial charge in [-0.25, -0.2) is 0 Å². The van der Waals surface area contributed by atoms with Crippen molar-refractivity contribution in [3.8, 4) is 11.5 Å². The molecule has 0 spiro atoms. The predicted molar refractivity (Wildman–Crippen MR) is 42.3 cm³/mol. The number of benzene rings is 1. The van der Waals surface area contributed by atoms with Gasteiger partial charge in [0.05, 0.1) is 0 Å². The van der Waals surface area contributed by atoms with Gasteiger partial charge >= 0.3 is 0 Å². The summed E-state index contributed by atoms with van der Waals surface area (Å²) in [5.41, 5.74) is 0. The summed E-state index contributed by atoms with van der Waals surface area (Å²) in [7, 11) is 0. The summed E-state index contributed by atoms with van der Waals surface area (Å²) in [5, 5.41) is 10.6. The first-order valence-corrected chi connectivity index (χ1v) is 3.33. The van der Waals surface area contributed by atoms with Gasteiger partial charge in [-0.15, -0.1) is 0 Å². The van der Waals surface area contributed by atoms with Crippen LogP contribution in [0.15, 0.2) is 36.9 Å². The van der Waals surface area contributed by atoms with Crippen molar-refractivity contribution in [2.75, 3.05) is 6.61 Å². The van der Waals surface area contributed by atoms with Gasteiger partial charge < -0.3 is 4.74 Å². The van der Waals surface area contributed by atoms with E-state index in [-0.39, 0.29) is 5.75 Å². The van der Waals surface area contributed by atoms with Gasteiger partial charge in [0.25, 0.3) is 0 Å². The highest BCUT2D eigenvalue weighted by Gasteiger charge is 1.91. The maximum atomic E-state index is 10.6. The van der Waals surface area contributed by atoms with Gasteiger partial charge in [0.15, 0.2) is 5.75 Å². The molecule has 0 bridgehead atoms. The summed E-state index contributed by atoms with van der Waals surface area (Å²) in [6.45, 7) is 3.98. The Bertz CT molecular complexity index is 226. The minimum atomic E-state index is -0.00375. The molecule has 11 heavy (non-hydrogen) atoms. The van der Waals surface area contributed by atoms with E-state index in [0.717, 1.165) is 0 Å². The lowest BCUT2D eigenvalue weighted by Crippen LogP contribution is -1.91. The smallest absolute Gasteiger partial charge is 0.178 e. The first-order chi connectivity index (χ1) is 5.33. The molecule has 0 saturated heterocycles. The molecule has 0 fully saturated rings. The zero-order valence-electron chi connectivity index (χ0n) is 6.12. The highest BCUT2D eigenvalue weighted by Crippen LogP contribution is 2.15. The number of hydrogen-bond acceptors (Lipinski definition) is 1. The molecule has 0 unspecified atom stereocenters. The maximum absolute atomic E-state index is 10.6. The number of ether oxygens (including phenoxy) is 1. The molecule has 2 nitrogen and oxygen atoms in total. The quantitative estimate of drug-likeness (QED) is 0.606. The zero-order valence-corrected chi connectivity index (χ0v) is 6.12. The van der Waals surface area contributed by atoms with E-state index < -0.39 is 0 Å². The molecule has 1 aromatic carbocycles. The Kier molecular flexibility index (Phi) is 2.55. The van der Waals surface area contributed by atoms with Crippen LogP contribution in [0.3, 0.4) is 0 Å². The van der Waals surface area contributed by atoms with Crippen LogP contribution in [0.1, 0.15) is 0 Å². The van der Waals surface area contributed by atoms with Crippen molar-refractivity contribution in [3.05, 3.63) is 36.9 Å². The Morgan fingerprint density at radius 1 is 1.36 bits per heavy atom. The summed E-state index contributed by atoms with van der Waals surface area (Å²) in [5.74, 6) is 0.695. The van der Waals surface area contributed by atoms with Crippen molar-refractivity contribution < 1.29 is 9.84 Å². The van der Waals surface area contributed by atoms with Gasteiger partial charge in [-0.2, -0.15) is 0 Å². The first kappa shape index (κ1) is 7.66. The lowest BCUT2D eigenvalue weighted by molar-refractivity contribution is 0.347. The van der Waals surface area contributed by atoms with E-state index in [0.29, 0.717) is 12.4 Å². The zero-order chi connectivity index (χ0) is 8.10. The minimum absolute atomic E-state index is 0.00375. The maximum Gasteiger partial charge on any atom is 0.178 e. The summed E-state index contributed by atoms with van der Waals surface area (Å²) in [6.07, 6.45) is 1.66. The number of hydrogen-bond donors (Lipinski definition) is 0. The molecule has 0 atom stereocenters. The summed E-state index contributed by atoms with van der Waals surface area (Å²) in [4.78, 5) is 0. The summed E-state index contributed by atoms with van der Waals surface area (Å²) in [6, 6.07) is 6.23. The average Bonchev–Trinajstić information content (AvgIpc) is 2.04. The van der Waals surface area contributed by atoms with E-state index >= 15 is 0 Å². The van der Waals surface area contributed by atoms with Crippen LogP contribution in [0.4, 0.5) is 0 Å². The molecular weight excluding hydrogens is 140 g/mol. The van der Waals surface area contributed by atoms with Crippen LogP contribution in [0.25, 0.3) is 0 Å². The predicted octanol–water partition coefficient (Wildman–Crippen LogP) is 2.40. The fourth-order valence-electron chi connectivity index (χ4n) is 0.691. The first-order valence-electron chi connectivity index (χ1n) is 3.33. The topological polar surface area (TPSA) is 29.1 Å². The third-order valence-electron chi connectivity index (χ3n) is 1.19. The third-order valence-corrected chi connectivity index (χ3v) is 1.19. The monoisotopic (exact) mass is 149 g/mol. The fourth-order valence-corrected chi connectivity index (χ4v) is 0.691. The highest BCUT2D eigenvalue weighted by molar-refractivity contribution is 5.29. The van der Waals surface area contributed by atoms with Gasteiger partial charge in [0.2, 0.25) is 0 Å². The van der Waals surface area contributed by atoms with E-state index in [9.17, 15) is 5.11 Å². The van der Waals surface area contributed by atoms with Crippen molar-refractivity contribution in [1.82, 2.24) is 0 Å². The fraction of sp³-hybridized carbons (Fsp3) is 0.111. The van der Waals surface area contributed by atoms with Gasteiger partial charge in [-0.05, 0) is 24.3 Å². The van der Waals surface area contributed by atoms with Crippen LogP contribution in [0.5, 0.6) is 11.5 Å². The van der Waals surface area contributed by atoms with Crippen LogP contribution in [0, 0.1) is 0 Å². The Morgan fingerprint density at radius 2 is 2.00 bits per heavy atom. The molecule has 1 radical (unpaired) electrons. The molecule has 1 aromatic rings. The summed E-state index contributed by atoms with van der Waals surface area (Å²) >= 11 is 0. The lowest BCUT2D eigenvalue weighted by Gasteiger charge is -2.00. The van der Waals surface area contributed by atoms with E-state index in [1.54, 1.807) is 18.2 Å². The van der Waals surface area contributed by atoms with Crippen LogP contribution in [0.2, 0.25) is 0 Å². The molecule has 0 N–H and O–H groups in total.